The van der Waals surface area contributed by atoms with Gasteiger partial charge in [-0.3, -0.25) is 0 Å². The number of anilines is 1. The van der Waals surface area contributed by atoms with Crippen molar-refractivity contribution >= 4 is 27.3 Å². The number of pyridine rings is 2. The number of nitrogens with zero attached hydrogens (tertiary/aromatic N) is 2. The van der Waals surface area contributed by atoms with Crippen LogP contribution in [-0.4, -0.2) is 24.6 Å². The molecule has 0 aliphatic carbocycles. The standard InChI is InChI=1S/C12H12ClN3O2S/c1-19(17,18)10-3-2-6-14-12(10)16-8-9-4-5-11(13)15-7-9/h2-7H,8H2,1H3,(H,14,16). The molecular formula is C12H12ClN3O2S. The van der Waals surface area contributed by atoms with E-state index in [0.29, 0.717) is 17.5 Å². The van der Waals surface area contributed by atoms with E-state index in [1.807, 2.05) is 6.07 Å². The summed E-state index contributed by atoms with van der Waals surface area (Å²) in [5, 5.41) is 3.40. The van der Waals surface area contributed by atoms with E-state index in [9.17, 15) is 8.42 Å². The lowest BCUT2D eigenvalue weighted by atomic mass is 10.3. The van der Waals surface area contributed by atoms with Gasteiger partial charge >= 0.3 is 0 Å². The first-order valence-corrected chi connectivity index (χ1v) is 7.73. The van der Waals surface area contributed by atoms with Crippen LogP contribution in [0.3, 0.4) is 0 Å². The molecule has 1 N–H and O–H groups in total. The van der Waals surface area contributed by atoms with Crippen molar-refractivity contribution in [3.05, 3.63) is 47.4 Å². The highest BCUT2D eigenvalue weighted by Crippen LogP contribution is 2.18. The maximum Gasteiger partial charge on any atom is 0.179 e. The summed E-state index contributed by atoms with van der Waals surface area (Å²) in [5.74, 6) is 0.333. The number of nitrogens with one attached hydrogen (secondary N) is 1. The van der Waals surface area contributed by atoms with E-state index in [0.717, 1.165) is 11.8 Å². The van der Waals surface area contributed by atoms with Crippen molar-refractivity contribution < 1.29 is 8.42 Å². The van der Waals surface area contributed by atoms with E-state index < -0.39 is 9.84 Å². The number of sulfone groups is 1. The van der Waals surface area contributed by atoms with Crippen LogP contribution < -0.4 is 5.32 Å². The third-order valence-corrected chi connectivity index (χ3v) is 3.77. The summed E-state index contributed by atoms with van der Waals surface area (Å²) in [5.41, 5.74) is 0.884. The van der Waals surface area contributed by atoms with Crippen molar-refractivity contribution in [1.82, 2.24) is 9.97 Å². The van der Waals surface area contributed by atoms with Gasteiger partial charge in [-0.2, -0.15) is 0 Å². The molecule has 5 nitrogen and oxygen atoms in total. The molecule has 0 fully saturated rings. The highest BCUT2D eigenvalue weighted by Gasteiger charge is 2.13. The first kappa shape index (κ1) is 13.8. The zero-order valence-electron chi connectivity index (χ0n) is 10.2. The first-order valence-electron chi connectivity index (χ1n) is 5.46. The Kier molecular flexibility index (Phi) is 4.01. The molecule has 0 bridgehead atoms. The summed E-state index contributed by atoms with van der Waals surface area (Å²) < 4.78 is 23.2. The molecule has 0 unspecified atom stereocenters. The average molecular weight is 298 g/mol. The number of rotatable bonds is 4. The van der Waals surface area contributed by atoms with Crippen molar-refractivity contribution in [1.29, 1.82) is 0 Å². The summed E-state index contributed by atoms with van der Waals surface area (Å²) in [4.78, 5) is 8.17. The van der Waals surface area contributed by atoms with Gasteiger partial charge in [-0.1, -0.05) is 17.7 Å². The molecule has 2 aromatic heterocycles. The minimum Gasteiger partial charge on any atom is -0.365 e. The van der Waals surface area contributed by atoms with Crippen LogP contribution in [0.5, 0.6) is 0 Å². The van der Waals surface area contributed by atoms with Crippen LogP contribution in [0.4, 0.5) is 5.82 Å². The van der Waals surface area contributed by atoms with Crippen molar-refractivity contribution in [2.24, 2.45) is 0 Å². The molecule has 0 saturated carbocycles. The third kappa shape index (κ3) is 3.65. The van der Waals surface area contributed by atoms with Crippen LogP contribution in [0, 0.1) is 0 Å². The van der Waals surface area contributed by atoms with Crippen LogP contribution >= 0.6 is 11.6 Å². The maximum absolute atomic E-state index is 11.6. The lowest BCUT2D eigenvalue weighted by Gasteiger charge is -2.09. The van der Waals surface area contributed by atoms with Crippen molar-refractivity contribution in [2.75, 3.05) is 11.6 Å². The maximum atomic E-state index is 11.6. The van der Waals surface area contributed by atoms with Gasteiger partial charge in [0.05, 0.1) is 0 Å². The van der Waals surface area contributed by atoms with E-state index in [1.54, 1.807) is 18.3 Å². The van der Waals surface area contributed by atoms with Crippen LogP contribution in [0.25, 0.3) is 0 Å². The monoisotopic (exact) mass is 297 g/mol. The van der Waals surface area contributed by atoms with Gasteiger partial charge in [0.25, 0.3) is 0 Å². The number of hydrogen-bond donors (Lipinski definition) is 1. The second-order valence-electron chi connectivity index (χ2n) is 3.97. The molecule has 0 spiro atoms. The summed E-state index contributed by atoms with van der Waals surface area (Å²) in [6.45, 7) is 0.420. The van der Waals surface area contributed by atoms with Gasteiger partial charge in [0.2, 0.25) is 0 Å². The number of halogens is 1. The fraction of sp³-hybridized carbons (Fsp3) is 0.167. The zero-order valence-corrected chi connectivity index (χ0v) is 11.7. The van der Waals surface area contributed by atoms with E-state index in [2.05, 4.69) is 15.3 Å². The average Bonchev–Trinajstić information content (AvgIpc) is 2.37. The smallest absolute Gasteiger partial charge is 0.179 e. The Hall–Kier alpha value is -1.66. The molecular weight excluding hydrogens is 286 g/mol. The molecule has 2 rings (SSSR count). The number of aromatic nitrogens is 2. The van der Waals surface area contributed by atoms with Gasteiger partial charge in [0.15, 0.2) is 9.84 Å². The van der Waals surface area contributed by atoms with Gasteiger partial charge in [-0.25, -0.2) is 18.4 Å². The van der Waals surface area contributed by atoms with E-state index >= 15 is 0 Å². The molecule has 19 heavy (non-hydrogen) atoms. The molecule has 2 aromatic rings. The molecule has 100 valence electrons. The summed E-state index contributed by atoms with van der Waals surface area (Å²) in [6.07, 6.45) is 4.31. The fourth-order valence-electron chi connectivity index (χ4n) is 1.52. The predicted molar refractivity (Wildman–Crippen MR) is 73.9 cm³/mol. The van der Waals surface area contributed by atoms with Crippen molar-refractivity contribution in [2.45, 2.75) is 11.4 Å². The SMILES string of the molecule is CS(=O)(=O)c1cccnc1NCc1ccc(Cl)nc1. The normalized spacial score (nSPS) is 11.3. The third-order valence-electron chi connectivity index (χ3n) is 2.42. The molecule has 0 saturated heterocycles. The van der Waals surface area contributed by atoms with E-state index in [1.165, 1.54) is 12.3 Å². The first-order chi connectivity index (χ1) is 8.97. The molecule has 0 aliphatic heterocycles. The quantitative estimate of drug-likeness (QED) is 0.876. The van der Waals surface area contributed by atoms with Gasteiger partial charge in [0.1, 0.15) is 15.9 Å². The molecule has 7 heteroatoms. The van der Waals surface area contributed by atoms with E-state index in [4.69, 9.17) is 11.6 Å². The molecule has 0 atom stereocenters. The van der Waals surface area contributed by atoms with Crippen LogP contribution in [0.15, 0.2) is 41.6 Å². The number of hydrogen-bond acceptors (Lipinski definition) is 5. The molecule has 2 heterocycles. The van der Waals surface area contributed by atoms with Gasteiger partial charge in [0, 0.05) is 25.2 Å². The van der Waals surface area contributed by atoms with Gasteiger partial charge in [-0.15, -0.1) is 0 Å². The molecule has 0 radical (unpaired) electrons. The van der Waals surface area contributed by atoms with Gasteiger partial charge < -0.3 is 5.32 Å². The Morgan fingerprint density at radius 2 is 2.05 bits per heavy atom. The van der Waals surface area contributed by atoms with Crippen LogP contribution in [0.2, 0.25) is 5.15 Å². The second kappa shape index (κ2) is 5.54. The Morgan fingerprint density at radius 1 is 1.26 bits per heavy atom. The zero-order chi connectivity index (χ0) is 13.9. The van der Waals surface area contributed by atoms with Crippen molar-refractivity contribution in [3.8, 4) is 0 Å². The van der Waals surface area contributed by atoms with Crippen molar-refractivity contribution in [3.63, 3.8) is 0 Å². The molecule has 0 amide bonds. The minimum atomic E-state index is -3.31. The fourth-order valence-corrected chi connectivity index (χ4v) is 2.43. The molecule has 0 aromatic carbocycles. The summed E-state index contributed by atoms with van der Waals surface area (Å²) in [7, 11) is -3.31. The Bertz CT molecular complexity index is 672. The van der Waals surface area contributed by atoms with Gasteiger partial charge in [-0.05, 0) is 23.8 Å². The summed E-state index contributed by atoms with van der Waals surface area (Å²) >= 11 is 5.69. The van der Waals surface area contributed by atoms with Crippen LogP contribution in [-0.2, 0) is 16.4 Å². The van der Waals surface area contributed by atoms with Crippen LogP contribution in [0.1, 0.15) is 5.56 Å². The minimum absolute atomic E-state index is 0.178. The topological polar surface area (TPSA) is 72.0 Å². The predicted octanol–water partition coefficient (Wildman–Crippen LogP) is 2.15. The summed E-state index contributed by atoms with van der Waals surface area (Å²) in [6, 6.07) is 6.59. The highest BCUT2D eigenvalue weighted by atomic mass is 35.5. The lowest BCUT2D eigenvalue weighted by Crippen LogP contribution is -2.08. The second-order valence-corrected chi connectivity index (χ2v) is 6.34. The Balaban J connectivity index is 2.18. The molecule has 0 aliphatic rings. The highest BCUT2D eigenvalue weighted by molar-refractivity contribution is 7.90. The lowest BCUT2D eigenvalue weighted by molar-refractivity contribution is 0.601. The largest absolute Gasteiger partial charge is 0.365 e. The van der Waals surface area contributed by atoms with E-state index in [-0.39, 0.29) is 4.90 Å². The Labute approximate surface area is 116 Å². The Morgan fingerprint density at radius 3 is 2.68 bits per heavy atom.